The Bertz CT molecular complexity index is 786. The molecule has 0 spiro atoms. The first kappa shape index (κ1) is 19.2. The van der Waals surface area contributed by atoms with Crippen LogP contribution < -0.4 is 5.32 Å². The van der Waals surface area contributed by atoms with Gasteiger partial charge < -0.3 is 5.32 Å². The molecule has 1 amide bonds. The van der Waals surface area contributed by atoms with Crippen LogP contribution in [0.2, 0.25) is 0 Å². The molecular weight excluding hydrogens is 343 g/mol. The summed E-state index contributed by atoms with van der Waals surface area (Å²) in [6.45, 7) is 3.45. The van der Waals surface area contributed by atoms with Crippen LogP contribution in [0.4, 0.5) is 4.39 Å². The molecule has 2 aromatic carbocycles. The van der Waals surface area contributed by atoms with Gasteiger partial charge in [-0.25, -0.2) is 4.39 Å². The molecule has 3 rings (SSSR count). The van der Waals surface area contributed by atoms with E-state index in [1.807, 2.05) is 37.3 Å². The molecule has 1 aliphatic heterocycles. The largest absolute Gasteiger partial charge is 0.351 e. The van der Waals surface area contributed by atoms with E-state index in [2.05, 4.69) is 10.2 Å². The summed E-state index contributed by atoms with van der Waals surface area (Å²) in [6, 6.07) is 15.5. The molecule has 2 aromatic rings. The monoisotopic (exact) mass is 368 g/mol. The lowest BCUT2D eigenvalue weighted by Gasteiger charge is -2.34. The van der Waals surface area contributed by atoms with E-state index in [-0.39, 0.29) is 36.0 Å². The van der Waals surface area contributed by atoms with E-state index >= 15 is 0 Å². The van der Waals surface area contributed by atoms with Crippen LogP contribution in [0.1, 0.15) is 35.7 Å². The molecule has 27 heavy (non-hydrogen) atoms. The van der Waals surface area contributed by atoms with Crippen molar-refractivity contribution in [2.24, 2.45) is 5.92 Å². The molecule has 0 aliphatic carbocycles. The summed E-state index contributed by atoms with van der Waals surface area (Å²) in [5.41, 5.74) is 1.23. The van der Waals surface area contributed by atoms with Gasteiger partial charge in [0.15, 0.2) is 5.78 Å². The predicted molar refractivity (Wildman–Crippen MR) is 103 cm³/mol. The van der Waals surface area contributed by atoms with Gasteiger partial charge in [-0.15, -0.1) is 0 Å². The third kappa shape index (κ3) is 4.80. The minimum Gasteiger partial charge on any atom is -0.351 e. The summed E-state index contributed by atoms with van der Waals surface area (Å²) in [4.78, 5) is 27.1. The average Bonchev–Trinajstić information content (AvgIpc) is 2.72. The van der Waals surface area contributed by atoms with Crippen molar-refractivity contribution >= 4 is 11.7 Å². The van der Waals surface area contributed by atoms with Gasteiger partial charge in [0.25, 0.3) is 0 Å². The molecule has 5 heteroatoms. The summed E-state index contributed by atoms with van der Waals surface area (Å²) in [5.74, 6) is -0.235. The van der Waals surface area contributed by atoms with Crippen LogP contribution in [0.5, 0.6) is 0 Å². The molecular formula is C22H25FN2O2. The van der Waals surface area contributed by atoms with Gasteiger partial charge in [0.2, 0.25) is 5.91 Å². The van der Waals surface area contributed by atoms with Crippen molar-refractivity contribution in [1.82, 2.24) is 10.2 Å². The van der Waals surface area contributed by atoms with Gasteiger partial charge in [-0.3, -0.25) is 14.5 Å². The average molecular weight is 368 g/mol. The molecule has 1 aliphatic rings. The number of nitrogens with one attached hydrogen (secondary N) is 1. The zero-order valence-electron chi connectivity index (χ0n) is 15.5. The second-order valence-corrected chi connectivity index (χ2v) is 7.03. The van der Waals surface area contributed by atoms with Gasteiger partial charge in [-0.05, 0) is 38.9 Å². The van der Waals surface area contributed by atoms with E-state index < -0.39 is 0 Å². The lowest BCUT2D eigenvalue weighted by Crippen LogP contribution is -2.48. The Morgan fingerprint density at radius 1 is 1.07 bits per heavy atom. The van der Waals surface area contributed by atoms with Crippen LogP contribution in [0.25, 0.3) is 0 Å². The number of carbonyl (C=O) groups is 2. The highest BCUT2D eigenvalue weighted by molar-refractivity contribution is 5.97. The quantitative estimate of drug-likeness (QED) is 0.795. The van der Waals surface area contributed by atoms with E-state index in [1.54, 1.807) is 18.2 Å². The van der Waals surface area contributed by atoms with Crippen molar-refractivity contribution in [2.45, 2.75) is 32.4 Å². The Labute approximate surface area is 159 Å². The van der Waals surface area contributed by atoms with Gasteiger partial charge in [0.05, 0.1) is 6.04 Å². The number of ketones is 1. The molecule has 0 radical (unpaired) electrons. The van der Waals surface area contributed by atoms with Crippen molar-refractivity contribution in [3.8, 4) is 0 Å². The lowest BCUT2D eigenvalue weighted by atomic mass is 9.88. The van der Waals surface area contributed by atoms with Crippen molar-refractivity contribution in [1.29, 1.82) is 0 Å². The first-order valence-electron chi connectivity index (χ1n) is 9.40. The number of benzene rings is 2. The summed E-state index contributed by atoms with van der Waals surface area (Å²) in [7, 11) is 0. The molecule has 1 unspecified atom stereocenters. The number of halogens is 1. The smallest absolute Gasteiger partial charge is 0.237 e. The third-order valence-electron chi connectivity index (χ3n) is 5.30. The highest BCUT2D eigenvalue weighted by atomic mass is 19.1. The number of Topliss-reactive ketones (excluding diaryl/α,β-unsaturated/α-hetero) is 1. The molecule has 1 fully saturated rings. The number of likely N-dealkylation sites (tertiary alicyclic amines) is 1. The minimum absolute atomic E-state index is 0.0114. The Kier molecular flexibility index (Phi) is 6.35. The second kappa shape index (κ2) is 8.91. The van der Waals surface area contributed by atoms with Gasteiger partial charge >= 0.3 is 0 Å². The van der Waals surface area contributed by atoms with Crippen LogP contribution in [0.15, 0.2) is 54.6 Å². The van der Waals surface area contributed by atoms with Gasteiger partial charge in [0, 0.05) is 23.6 Å². The summed E-state index contributed by atoms with van der Waals surface area (Å²) in [5, 5.41) is 2.81. The molecule has 0 aromatic heterocycles. The maximum atomic E-state index is 13.7. The Hall–Kier alpha value is -2.53. The van der Waals surface area contributed by atoms with Crippen molar-refractivity contribution in [3.63, 3.8) is 0 Å². The number of amides is 1. The normalized spacial score (nSPS) is 16.7. The maximum absolute atomic E-state index is 13.7. The molecule has 0 saturated carbocycles. The van der Waals surface area contributed by atoms with Crippen LogP contribution in [-0.4, -0.2) is 35.7 Å². The SMILES string of the molecule is CC(C(=O)NCc1ccccc1F)N1CCC(C(=O)c2ccccc2)CC1. The number of hydrogen-bond donors (Lipinski definition) is 1. The first-order valence-corrected chi connectivity index (χ1v) is 9.40. The standard InChI is InChI=1S/C22H25FN2O2/c1-16(22(27)24-15-19-9-5-6-10-20(19)23)25-13-11-18(12-14-25)21(26)17-7-3-2-4-8-17/h2-10,16,18H,11-15H2,1H3,(H,24,27). The Morgan fingerprint density at radius 3 is 2.37 bits per heavy atom. The van der Waals surface area contributed by atoms with Crippen LogP contribution >= 0.6 is 0 Å². The summed E-state index contributed by atoms with van der Waals surface area (Å²) < 4.78 is 13.7. The molecule has 142 valence electrons. The maximum Gasteiger partial charge on any atom is 0.237 e. The van der Waals surface area contributed by atoms with E-state index in [4.69, 9.17) is 0 Å². The van der Waals surface area contributed by atoms with Gasteiger partial charge in [-0.2, -0.15) is 0 Å². The molecule has 1 saturated heterocycles. The number of piperidine rings is 1. The highest BCUT2D eigenvalue weighted by Crippen LogP contribution is 2.23. The van der Waals surface area contributed by atoms with Crippen molar-refractivity contribution in [2.75, 3.05) is 13.1 Å². The number of nitrogens with zero attached hydrogens (tertiary/aromatic N) is 1. The number of hydrogen-bond acceptors (Lipinski definition) is 3. The fourth-order valence-corrected chi connectivity index (χ4v) is 3.52. The Balaban J connectivity index is 1.49. The number of rotatable bonds is 6. The van der Waals surface area contributed by atoms with Gasteiger partial charge in [0.1, 0.15) is 5.82 Å². The van der Waals surface area contributed by atoms with Crippen molar-refractivity contribution < 1.29 is 14.0 Å². The summed E-state index contributed by atoms with van der Waals surface area (Å²) in [6.07, 6.45) is 1.50. The van der Waals surface area contributed by atoms with E-state index in [1.165, 1.54) is 6.07 Å². The fourth-order valence-electron chi connectivity index (χ4n) is 3.52. The summed E-state index contributed by atoms with van der Waals surface area (Å²) >= 11 is 0. The first-order chi connectivity index (χ1) is 13.1. The third-order valence-corrected chi connectivity index (χ3v) is 5.30. The van der Waals surface area contributed by atoms with Crippen LogP contribution in [-0.2, 0) is 11.3 Å². The Morgan fingerprint density at radius 2 is 1.70 bits per heavy atom. The lowest BCUT2D eigenvalue weighted by molar-refractivity contribution is -0.126. The number of carbonyl (C=O) groups excluding carboxylic acids is 2. The minimum atomic E-state index is -0.314. The second-order valence-electron chi connectivity index (χ2n) is 7.03. The predicted octanol–water partition coefficient (Wildman–Crippen LogP) is 3.43. The van der Waals surface area contributed by atoms with Gasteiger partial charge in [-0.1, -0.05) is 48.5 Å². The molecule has 0 bridgehead atoms. The molecule has 4 nitrogen and oxygen atoms in total. The highest BCUT2D eigenvalue weighted by Gasteiger charge is 2.30. The fraction of sp³-hybridized carbons (Fsp3) is 0.364. The zero-order chi connectivity index (χ0) is 19.2. The molecule has 1 heterocycles. The molecule has 1 atom stereocenters. The zero-order valence-corrected chi connectivity index (χ0v) is 15.5. The van der Waals surface area contributed by atoms with E-state index in [9.17, 15) is 14.0 Å². The van der Waals surface area contributed by atoms with Crippen molar-refractivity contribution in [3.05, 3.63) is 71.5 Å². The van der Waals surface area contributed by atoms with Crippen LogP contribution in [0.3, 0.4) is 0 Å². The molecule has 1 N–H and O–H groups in total. The topological polar surface area (TPSA) is 49.4 Å². The van der Waals surface area contributed by atoms with Crippen LogP contribution in [0, 0.1) is 11.7 Å². The van der Waals surface area contributed by atoms with E-state index in [0.717, 1.165) is 18.4 Å². The van der Waals surface area contributed by atoms with E-state index in [0.29, 0.717) is 18.7 Å².